The lowest BCUT2D eigenvalue weighted by Gasteiger charge is -2.48. The number of hydrogen-bond acceptors (Lipinski definition) is 1. The first-order valence-electron chi connectivity index (χ1n) is 11.5. The molecule has 0 spiro atoms. The Kier molecular flexibility index (Phi) is 4.75. The molecule has 0 amide bonds. The number of nitrogens with zero attached hydrogens (tertiary/aromatic N) is 1. The van der Waals surface area contributed by atoms with Gasteiger partial charge in [0.2, 0.25) is 0 Å². The summed E-state index contributed by atoms with van der Waals surface area (Å²) in [7, 11) is 0.814. The second kappa shape index (κ2) is 6.85. The second-order valence-corrected chi connectivity index (χ2v) is 17.0. The molecule has 1 aromatic rings. The Morgan fingerprint density at radius 1 is 1.07 bits per heavy atom. The van der Waals surface area contributed by atoms with E-state index >= 15 is 0 Å². The summed E-state index contributed by atoms with van der Waals surface area (Å²) in [5.41, 5.74) is 7.82. The van der Waals surface area contributed by atoms with Crippen LogP contribution in [0.4, 0.5) is 0 Å². The zero-order valence-corrected chi connectivity index (χ0v) is 21.4. The van der Waals surface area contributed by atoms with Crippen molar-refractivity contribution in [3.8, 4) is 0 Å². The van der Waals surface area contributed by atoms with Crippen molar-refractivity contribution in [3.63, 3.8) is 0 Å². The first-order valence-corrected chi connectivity index (χ1v) is 15.6. The molecule has 156 valence electrons. The van der Waals surface area contributed by atoms with Crippen molar-refractivity contribution in [1.29, 1.82) is 0 Å². The normalized spacial score (nSPS) is 41.0. The fourth-order valence-electron chi connectivity index (χ4n) is 8.12. The molecule has 3 heteroatoms. The number of alkyl halides is 1. The average Bonchev–Trinajstić information content (AvgIpc) is 3.32. The highest BCUT2D eigenvalue weighted by Crippen LogP contribution is 2.63. The van der Waals surface area contributed by atoms with E-state index in [-0.39, 0.29) is 0 Å². The molecule has 4 aliphatic rings. The van der Waals surface area contributed by atoms with E-state index in [0.717, 1.165) is 23.3 Å². The van der Waals surface area contributed by atoms with E-state index in [1.807, 2.05) is 0 Å². The van der Waals surface area contributed by atoms with E-state index in [4.69, 9.17) is 0 Å². The van der Waals surface area contributed by atoms with Gasteiger partial charge in [-0.25, -0.2) is 0 Å². The summed E-state index contributed by atoms with van der Waals surface area (Å²) >= 11 is 4.27. The molecule has 29 heavy (non-hydrogen) atoms. The summed E-state index contributed by atoms with van der Waals surface area (Å²) in [6.07, 6.45) is 7.77. The maximum atomic E-state index is 4.27. The van der Waals surface area contributed by atoms with Crippen LogP contribution >= 0.6 is 15.9 Å². The van der Waals surface area contributed by atoms with Crippen molar-refractivity contribution in [2.75, 3.05) is 7.05 Å². The van der Waals surface area contributed by atoms with Crippen molar-refractivity contribution >= 4 is 30.1 Å². The Bertz CT molecular complexity index is 886. The van der Waals surface area contributed by atoms with Crippen LogP contribution in [0.5, 0.6) is 0 Å². The predicted molar refractivity (Wildman–Crippen MR) is 131 cm³/mol. The minimum Gasteiger partial charge on any atom is -0.375 e. The predicted octanol–water partition coefficient (Wildman–Crippen LogP) is 7.08. The van der Waals surface area contributed by atoms with Crippen molar-refractivity contribution in [2.24, 2.45) is 23.7 Å². The number of fused-ring (bicyclic) bond motifs is 3. The summed E-state index contributed by atoms with van der Waals surface area (Å²) in [6.45, 7) is 12.7. The molecule has 5 rings (SSSR count). The molecule has 8 unspecified atom stereocenters. The quantitative estimate of drug-likeness (QED) is 0.330. The molecule has 1 nitrogen and oxygen atoms in total. The van der Waals surface area contributed by atoms with Crippen LogP contribution in [-0.2, 0) is 0 Å². The maximum Gasteiger partial charge on any atom is 0.0632 e. The molecule has 1 heterocycles. The fourth-order valence-corrected chi connectivity index (χ4v) is 14.6. The smallest absolute Gasteiger partial charge is 0.0632 e. The number of benzene rings is 1. The van der Waals surface area contributed by atoms with Gasteiger partial charge in [0.15, 0.2) is 0 Å². The summed E-state index contributed by atoms with van der Waals surface area (Å²) < 4.78 is 0. The van der Waals surface area contributed by atoms with Gasteiger partial charge in [-0.3, -0.25) is 0 Å². The average molecular weight is 471 g/mol. The van der Waals surface area contributed by atoms with Crippen molar-refractivity contribution in [3.05, 3.63) is 52.7 Å². The van der Waals surface area contributed by atoms with E-state index in [9.17, 15) is 0 Å². The van der Waals surface area contributed by atoms with Gasteiger partial charge in [-0.05, 0) is 72.2 Å². The first kappa shape index (κ1) is 20.1. The molecule has 0 saturated heterocycles. The third-order valence-electron chi connectivity index (χ3n) is 9.51. The van der Waals surface area contributed by atoms with E-state index in [1.165, 1.54) is 24.1 Å². The molecular formula is C26H36BrNSi. The molecule has 0 bridgehead atoms. The Balaban J connectivity index is 1.49. The van der Waals surface area contributed by atoms with Gasteiger partial charge >= 0.3 is 0 Å². The topological polar surface area (TPSA) is 3.24 Å². The van der Waals surface area contributed by atoms with Crippen LogP contribution in [0.3, 0.4) is 0 Å². The second-order valence-electron chi connectivity index (χ2n) is 11.0. The molecule has 8 atom stereocenters. The monoisotopic (exact) mass is 469 g/mol. The molecule has 2 fully saturated rings. The largest absolute Gasteiger partial charge is 0.375 e. The van der Waals surface area contributed by atoms with Gasteiger partial charge < -0.3 is 4.90 Å². The SMILES string of the molecule is CC1=C(C)N(C)C2CC3C(CC(C)C3[Si](C)(C)C3C=Cc4ccccc43)C(Br)C12. The highest BCUT2D eigenvalue weighted by atomic mass is 79.9. The fraction of sp³-hybridized carbons (Fsp3) is 0.615. The Labute approximate surface area is 186 Å². The molecule has 1 aromatic carbocycles. The maximum absolute atomic E-state index is 4.27. The standard InChI is InChI=1S/C26H36BrNSi/c1-15-13-20-21(14-22-24(25(20)27)16(2)17(3)28(22)4)26(15)29(5,6)23-12-11-18-9-7-8-10-19(18)23/h7-12,15,20-26H,13-14H2,1-6H3. The third-order valence-corrected chi connectivity index (χ3v) is 15.6. The number of hydrogen-bond donors (Lipinski definition) is 0. The highest BCUT2D eigenvalue weighted by Gasteiger charge is 2.59. The van der Waals surface area contributed by atoms with Crippen LogP contribution in [-0.4, -0.2) is 30.9 Å². The summed E-state index contributed by atoms with van der Waals surface area (Å²) in [6, 6.07) is 9.84. The summed E-state index contributed by atoms with van der Waals surface area (Å²) in [5, 5.41) is 0. The molecule has 0 radical (unpaired) electrons. The minimum absolute atomic E-state index is 0.648. The molecule has 1 aliphatic heterocycles. The van der Waals surface area contributed by atoms with Crippen LogP contribution in [0.25, 0.3) is 6.08 Å². The van der Waals surface area contributed by atoms with Crippen molar-refractivity contribution in [1.82, 2.24) is 4.90 Å². The zero-order valence-electron chi connectivity index (χ0n) is 18.8. The third kappa shape index (κ3) is 2.75. The molecule has 0 aromatic heterocycles. The number of rotatable bonds is 2. The lowest BCUT2D eigenvalue weighted by atomic mass is 9.71. The molecule has 2 saturated carbocycles. The molecule has 0 N–H and O–H groups in total. The Morgan fingerprint density at radius 3 is 2.55 bits per heavy atom. The van der Waals surface area contributed by atoms with Gasteiger partial charge in [0.05, 0.1) is 8.07 Å². The van der Waals surface area contributed by atoms with E-state index < -0.39 is 8.07 Å². The summed E-state index contributed by atoms with van der Waals surface area (Å²) in [4.78, 5) is 3.26. The van der Waals surface area contributed by atoms with Crippen LogP contribution in [0.15, 0.2) is 41.6 Å². The summed E-state index contributed by atoms with van der Waals surface area (Å²) in [5.74, 6) is 3.28. The van der Waals surface area contributed by atoms with Crippen LogP contribution < -0.4 is 0 Å². The van der Waals surface area contributed by atoms with Crippen LogP contribution in [0.2, 0.25) is 18.6 Å². The van der Waals surface area contributed by atoms with Gasteiger partial charge in [0.25, 0.3) is 0 Å². The highest BCUT2D eigenvalue weighted by molar-refractivity contribution is 9.09. The van der Waals surface area contributed by atoms with Crippen LogP contribution in [0, 0.1) is 23.7 Å². The van der Waals surface area contributed by atoms with E-state index in [2.05, 4.69) is 98.2 Å². The van der Waals surface area contributed by atoms with Gasteiger partial charge in [0, 0.05) is 29.5 Å². The van der Waals surface area contributed by atoms with E-state index in [1.54, 1.807) is 11.1 Å². The van der Waals surface area contributed by atoms with Crippen molar-refractivity contribution in [2.45, 2.75) is 68.7 Å². The van der Waals surface area contributed by atoms with Gasteiger partial charge in [-0.2, -0.15) is 0 Å². The Morgan fingerprint density at radius 2 is 1.79 bits per heavy atom. The van der Waals surface area contributed by atoms with Gasteiger partial charge in [0.1, 0.15) is 0 Å². The molecule has 3 aliphatic carbocycles. The lowest BCUT2D eigenvalue weighted by molar-refractivity contribution is 0.145. The van der Waals surface area contributed by atoms with E-state index in [0.29, 0.717) is 22.3 Å². The van der Waals surface area contributed by atoms with Gasteiger partial charge in [-0.1, -0.05) is 72.4 Å². The first-order chi connectivity index (χ1) is 13.7. The van der Waals surface area contributed by atoms with Crippen LogP contribution in [0.1, 0.15) is 50.3 Å². The zero-order chi connectivity index (χ0) is 20.7. The minimum atomic E-state index is -1.53. The number of allylic oxidation sites excluding steroid dienone is 2. The Hall–Kier alpha value is -0.803. The number of halogens is 1. The van der Waals surface area contributed by atoms with Gasteiger partial charge in [-0.15, -0.1) is 0 Å². The van der Waals surface area contributed by atoms with Crippen molar-refractivity contribution < 1.29 is 0 Å². The molecular weight excluding hydrogens is 434 g/mol. The lowest BCUT2D eigenvalue weighted by Crippen LogP contribution is -2.50.